The van der Waals surface area contributed by atoms with Gasteiger partial charge in [0.05, 0.1) is 61.2 Å². The number of hydrogen-bond donors (Lipinski definition) is 2. The van der Waals surface area contributed by atoms with Crippen LogP contribution < -0.4 is 16.0 Å². The molecule has 0 spiro atoms. The number of rotatable bonds is 6. The topological polar surface area (TPSA) is 131 Å². The Morgan fingerprint density at radius 3 is 2.33 bits per heavy atom. The molecule has 5 aliphatic rings. The van der Waals surface area contributed by atoms with E-state index in [0.717, 1.165) is 61.2 Å². The monoisotopic (exact) mass is 662 g/mol. The normalized spacial score (nSPS) is 28.9. The molecule has 0 radical (unpaired) electrons. The number of H-pyrrole nitrogens is 1. The number of aliphatic imine (C=N–C) groups is 2. The molecule has 6 rings (SSSR count). The Hall–Kier alpha value is -5.25. The van der Waals surface area contributed by atoms with E-state index in [0.29, 0.717) is 17.8 Å². The van der Waals surface area contributed by atoms with E-state index < -0.39 is 23.3 Å². The molecular weight excluding hydrogens is 620 g/mol. The number of aromatic amines is 1. The molecule has 0 amide bonds. The third-order valence-electron chi connectivity index (χ3n) is 10.7. The van der Waals surface area contributed by atoms with Gasteiger partial charge in [-0.2, -0.15) is 0 Å². The van der Waals surface area contributed by atoms with Crippen molar-refractivity contribution in [3.05, 3.63) is 104 Å². The van der Waals surface area contributed by atoms with Crippen LogP contribution in [0.4, 0.5) is 0 Å². The first kappa shape index (κ1) is 33.6. The van der Waals surface area contributed by atoms with Gasteiger partial charge in [0.15, 0.2) is 0 Å². The van der Waals surface area contributed by atoms with Gasteiger partial charge in [-0.05, 0) is 86.3 Å². The van der Waals surface area contributed by atoms with E-state index in [4.69, 9.17) is 24.2 Å². The lowest BCUT2D eigenvalue weighted by atomic mass is 9.63. The fourth-order valence-corrected chi connectivity index (χ4v) is 7.54. The molecular formula is C39H42N4O6. The second-order valence-electron chi connectivity index (χ2n) is 13.1. The van der Waals surface area contributed by atoms with Crippen LogP contribution in [-0.4, -0.2) is 61.7 Å². The number of nitrogens with one attached hydrogen (secondary N) is 2. The van der Waals surface area contributed by atoms with Crippen LogP contribution in [0.25, 0.3) is 12.2 Å². The molecule has 1 aliphatic carbocycles. The van der Waals surface area contributed by atoms with Gasteiger partial charge in [0.25, 0.3) is 0 Å². The minimum Gasteiger partial charge on any atom is -0.469 e. The third kappa shape index (κ3) is 5.39. The Morgan fingerprint density at radius 1 is 0.959 bits per heavy atom. The van der Waals surface area contributed by atoms with Crippen LogP contribution in [0, 0.1) is 31.1 Å². The van der Waals surface area contributed by atoms with E-state index in [1.54, 1.807) is 6.08 Å². The number of nitrogens with zero attached hydrogens (tertiary/aromatic N) is 2. The molecule has 5 heterocycles. The molecule has 2 N–H and O–H groups in total. The summed E-state index contributed by atoms with van der Waals surface area (Å²) in [7, 11) is 4.02. The number of allylic oxidation sites excluding steroid dienone is 7. The van der Waals surface area contributed by atoms with Crippen molar-refractivity contribution >= 4 is 41.5 Å². The summed E-state index contributed by atoms with van der Waals surface area (Å²) in [6.45, 7) is 14.3. The van der Waals surface area contributed by atoms with Gasteiger partial charge in [-0.1, -0.05) is 31.7 Å². The van der Waals surface area contributed by atoms with E-state index in [2.05, 4.69) is 42.9 Å². The first-order chi connectivity index (χ1) is 23.4. The Kier molecular flexibility index (Phi) is 8.69. The summed E-state index contributed by atoms with van der Waals surface area (Å²) in [5.74, 6) is -2.37. The number of carbonyl (C=O) groups is 3. The minimum absolute atomic E-state index is 0.0752. The second-order valence-corrected chi connectivity index (χ2v) is 13.1. The van der Waals surface area contributed by atoms with Crippen LogP contribution in [0.15, 0.2) is 91.9 Å². The second kappa shape index (κ2) is 12.7. The van der Waals surface area contributed by atoms with Crippen molar-refractivity contribution in [2.24, 2.45) is 27.2 Å². The molecule has 1 aromatic heterocycles. The van der Waals surface area contributed by atoms with Crippen molar-refractivity contribution < 1.29 is 28.6 Å². The summed E-state index contributed by atoms with van der Waals surface area (Å²) in [5.41, 5.74) is 8.58. The Bertz CT molecular complexity index is 2100. The smallest absolute Gasteiger partial charge is 0.334 e. The van der Waals surface area contributed by atoms with Crippen molar-refractivity contribution in [3.63, 3.8) is 0 Å². The largest absolute Gasteiger partial charge is 0.469 e. The molecule has 0 saturated carbocycles. The van der Waals surface area contributed by atoms with E-state index >= 15 is 0 Å². The van der Waals surface area contributed by atoms with Crippen LogP contribution in [0.5, 0.6) is 0 Å². The lowest BCUT2D eigenvalue weighted by Crippen LogP contribution is -2.44. The van der Waals surface area contributed by atoms with Crippen molar-refractivity contribution in [1.29, 1.82) is 0 Å². The van der Waals surface area contributed by atoms with Crippen molar-refractivity contribution in [3.8, 4) is 0 Å². The van der Waals surface area contributed by atoms with Crippen LogP contribution >= 0.6 is 0 Å². The third-order valence-corrected chi connectivity index (χ3v) is 10.7. The van der Waals surface area contributed by atoms with Gasteiger partial charge >= 0.3 is 17.9 Å². The SMILES string of the molecule is C=CC1=C(C)C2=NC/1=C\C1NC(=C(CCC(=O)OC)C1C)/C=c1\[nH]/c(c(C)c1C)=C\C1=NC(=C\2)/C2=CC=C(C(=O)OC)[C@@H](C(=O)OC)[C@]21C. The van der Waals surface area contributed by atoms with Gasteiger partial charge < -0.3 is 24.5 Å². The van der Waals surface area contributed by atoms with E-state index in [9.17, 15) is 14.4 Å². The van der Waals surface area contributed by atoms with Crippen LogP contribution in [0.2, 0.25) is 0 Å². The first-order valence-electron chi connectivity index (χ1n) is 16.4. The molecule has 0 aromatic carbocycles. The van der Waals surface area contributed by atoms with Gasteiger partial charge in [-0.3, -0.25) is 14.6 Å². The minimum atomic E-state index is -1.07. The molecule has 2 unspecified atom stereocenters. The molecule has 1 aromatic rings. The number of fused-ring (bicyclic) bond motifs is 9. The Labute approximate surface area is 285 Å². The number of methoxy groups -OCH3 is 3. The van der Waals surface area contributed by atoms with Crippen LogP contribution in [0.3, 0.4) is 0 Å². The summed E-state index contributed by atoms with van der Waals surface area (Å²) < 4.78 is 15.4. The van der Waals surface area contributed by atoms with Gasteiger partial charge in [0, 0.05) is 34.3 Å². The van der Waals surface area contributed by atoms with E-state index in [1.807, 2.05) is 45.1 Å². The highest BCUT2D eigenvalue weighted by Gasteiger charge is 2.55. The summed E-state index contributed by atoms with van der Waals surface area (Å²) >= 11 is 0. The van der Waals surface area contributed by atoms with Gasteiger partial charge in [0.1, 0.15) is 5.92 Å². The maximum atomic E-state index is 13.6. The molecule has 4 atom stereocenters. The molecule has 10 heteroatoms. The van der Waals surface area contributed by atoms with Crippen LogP contribution in [-0.2, 0) is 28.6 Å². The maximum Gasteiger partial charge on any atom is 0.334 e. The molecule has 49 heavy (non-hydrogen) atoms. The molecule has 4 aliphatic heterocycles. The average molecular weight is 663 g/mol. The van der Waals surface area contributed by atoms with Gasteiger partial charge in [0.2, 0.25) is 0 Å². The van der Waals surface area contributed by atoms with Gasteiger partial charge in [-0.25, -0.2) is 9.79 Å². The van der Waals surface area contributed by atoms with E-state index in [1.165, 1.54) is 21.3 Å². The summed E-state index contributed by atoms with van der Waals surface area (Å²) in [6, 6.07) is -0.0918. The zero-order chi connectivity index (χ0) is 35.4. The number of carbonyl (C=O) groups excluding carboxylic acids is 3. The zero-order valence-electron chi connectivity index (χ0n) is 29.2. The summed E-state index contributed by atoms with van der Waals surface area (Å²) in [6.07, 6.45) is 14.2. The van der Waals surface area contributed by atoms with Gasteiger partial charge in [-0.15, -0.1) is 0 Å². The average Bonchev–Trinajstić information content (AvgIpc) is 3.74. The molecule has 254 valence electrons. The number of esters is 3. The van der Waals surface area contributed by atoms with Crippen molar-refractivity contribution in [2.45, 2.75) is 53.5 Å². The Morgan fingerprint density at radius 2 is 1.67 bits per heavy atom. The number of hydrogen-bond acceptors (Lipinski definition) is 9. The summed E-state index contributed by atoms with van der Waals surface area (Å²) in [5, 5.41) is 5.43. The first-order valence-corrected chi connectivity index (χ1v) is 16.4. The maximum absolute atomic E-state index is 13.6. The number of ether oxygens (including phenoxy) is 3. The van der Waals surface area contributed by atoms with Crippen LogP contribution in [0.1, 0.15) is 44.7 Å². The molecule has 0 saturated heterocycles. The summed E-state index contributed by atoms with van der Waals surface area (Å²) in [4.78, 5) is 52.7. The molecule has 10 nitrogen and oxygen atoms in total. The predicted molar refractivity (Wildman–Crippen MR) is 189 cm³/mol. The van der Waals surface area contributed by atoms with Crippen molar-refractivity contribution in [2.75, 3.05) is 21.3 Å². The molecule has 0 fully saturated rings. The molecule has 8 bridgehead atoms. The zero-order valence-corrected chi connectivity index (χ0v) is 29.2. The van der Waals surface area contributed by atoms with Crippen molar-refractivity contribution in [1.82, 2.24) is 10.3 Å². The van der Waals surface area contributed by atoms with E-state index in [-0.39, 0.29) is 29.9 Å². The Balaban J connectivity index is 1.65. The lowest BCUT2D eigenvalue weighted by molar-refractivity contribution is -0.149. The highest BCUT2D eigenvalue weighted by atomic mass is 16.5. The number of aromatic nitrogens is 1. The standard InChI is InChI=1S/C39H42N4O6/c1-10-23-21(4)29-17-33-26-13-11-25(37(45)48-8)36(38(46)49-9)39(26,6)34(43-33)18-30-20(3)19(2)27(40-30)15-32-24(12-14-35(44)47-7)22(5)28(42-32)16-31(23)41-29/h10-11,13,15-18,22,28,36,40,42H,1,12,14H2,2-9H3/b27-15-,30-18-,31-16-,33-17-/t22?,28?,36-,39+/m0/s1. The highest BCUT2D eigenvalue weighted by Crippen LogP contribution is 2.52. The quantitative estimate of drug-likeness (QED) is 0.347. The highest BCUT2D eigenvalue weighted by molar-refractivity contribution is 6.22. The predicted octanol–water partition coefficient (Wildman–Crippen LogP) is 4.04. The fourth-order valence-electron chi connectivity index (χ4n) is 7.54. The fraction of sp³-hybridized carbons (Fsp3) is 0.359. The lowest BCUT2D eigenvalue weighted by Gasteiger charge is -2.37.